The van der Waals surface area contributed by atoms with Crippen molar-refractivity contribution >= 4 is 27.3 Å². The number of halogens is 1. The van der Waals surface area contributed by atoms with Gasteiger partial charge in [-0.25, -0.2) is 4.98 Å². The number of rotatable bonds is 3. The molecule has 0 spiro atoms. The van der Waals surface area contributed by atoms with Gasteiger partial charge in [-0.1, -0.05) is 0 Å². The highest BCUT2D eigenvalue weighted by atomic mass is 79.9. The number of aromatic nitrogens is 1. The molecule has 0 saturated heterocycles. The summed E-state index contributed by atoms with van der Waals surface area (Å²) in [5.74, 6) is 1.66. The fourth-order valence-corrected chi connectivity index (χ4v) is 2.88. The highest BCUT2D eigenvalue weighted by Gasteiger charge is 2.12. The Morgan fingerprint density at radius 2 is 2.33 bits per heavy atom. The van der Waals surface area contributed by atoms with Crippen LogP contribution >= 0.6 is 27.3 Å². The Hall–Kier alpha value is -0.650. The first-order valence-corrected chi connectivity index (χ1v) is 6.14. The van der Waals surface area contributed by atoms with Crippen molar-refractivity contribution in [3.05, 3.63) is 27.4 Å². The van der Waals surface area contributed by atoms with Gasteiger partial charge in [-0.15, -0.1) is 11.3 Å². The van der Waals surface area contributed by atoms with E-state index in [0.29, 0.717) is 6.42 Å². The third-order valence-corrected chi connectivity index (χ3v) is 3.99. The zero-order valence-corrected chi connectivity index (χ0v) is 10.6. The van der Waals surface area contributed by atoms with E-state index in [0.717, 1.165) is 26.0 Å². The molecule has 80 valence electrons. The van der Waals surface area contributed by atoms with Gasteiger partial charge in [0.2, 0.25) is 0 Å². The van der Waals surface area contributed by atoms with Crippen molar-refractivity contribution in [1.82, 2.24) is 4.98 Å². The SMILES string of the molecule is Cc1ccc(-c2nc(Br)c(CCO)s2)o1. The monoisotopic (exact) mass is 287 g/mol. The minimum Gasteiger partial charge on any atom is -0.459 e. The molecule has 0 unspecified atom stereocenters. The van der Waals surface area contributed by atoms with Gasteiger partial charge in [-0.05, 0) is 35.0 Å². The second-order valence-electron chi connectivity index (χ2n) is 3.12. The average Bonchev–Trinajstić information content (AvgIpc) is 2.75. The molecule has 0 amide bonds. The van der Waals surface area contributed by atoms with Crippen molar-refractivity contribution in [2.24, 2.45) is 0 Å². The lowest BCUT2D eigenvalue weighted by Gasteiger charge is -1.89. The molecule has 2 rings (SSSR count). The molecule has 0 bridgehead atoms. The summed E-state index contributed by atoms with van der Waals surface area (Å²) in [5, 5.41) is 9.71. The van der Waals surface area contributed by atoms with Crippen LogP contribution in [0.2, 0.25) is 0 Å². The summed E-state index contributed by atoms with van der Waals surface area (Å²) in [5.41, 5.74) is 0. The predicted octanol–water partition coefficient (Wildman–Crippen LogP) is 3.01. The minimum absolute atomic E-state index is 0.136. The predicted molar refractivity (Wildman–Crippen MR) is 63.0 cm³/mol. The zero-order chi connectivity index (χ0) is 10.8. The minimum atomic E-state index is 0.136. The van der Waals surface area contributed by atoms with Gasteiger partial charge < -0.3 is 9.52 Å². The van der Waals surface area contributed by atoms with E-state index in [1.807, 2.05) is 19.1 Å². The van der Waals surface area contributed by atoms with E-state index in [1.54, 1.807) is 0 Å². The van der Waals surface area contributed by atoms with E-state index in [1.165, 1.54) is 11.3 Å². The van der Waals surface area contributed by atoms with Crippen LogP contribution in [0.4, 0.5) is 0 Å². The van der Waals surface area contributed by atoms with Crippen LogP contribution in [0.5, 0.6) is 0 Å². The molecule has 2 heterocycles. The second-order valence-corrected chi connectivity index (χ2v) is 4.95. The molecule has 0 fully saturated rings. The number of nitrogens with zero attached hydrogens (tertiary/aromatic N) is 1. The smallest absolute Gasteiger partial charge is 0.162 e. The third-order valence-electron chi connectivity index (χ3n) is 1.94. The second kappa shape index (κ2) is 4.47. The molecule has 0 radical (unpaired) electrons. The fraction of sp³-hybridized carbons (Fsp3) is 0.300. The molecule has 0 aromatic carbocycles. The molecule has 15 heavy (non-hydrogen) atoms. The Kier molecular flexibility index (Phi) is 3.23. The van der Waals surface area contributed by atoms with E-state index in [2.05, 4.69) is 20.9 Å². The molecule has 5 heteroatoms. The van der Waals surface area contributed by atoms with Crippen LogP contribution in [-0.2, 0) is 6.42 Å². The summed E-state index contributed by atoms with van der Waals surface area (Å²) in [7, 11) is 0. The van der Waals surface area contributed by atoms with Gasteiger partial charge in [-0.3, -0.25) is 0 Å². The van der Waals surface area contributed by atoms with Gasteiger partial charge >= 0.3 is 0 Å². The summed E-state index contributed by atoms with van der Waals surface area (Å²) in [6, 6.07) is 3.82. The lowest BCUT2D eigenvalue weighted by atomic mass is 10.4. The number of furan rings is 1. The van der Waals surface area contributed by atoms with Crippen LogP contribution < -0.4 is 0 Å². The van der Waals surface area contributed by atoms with Gasteiger partial charge in [0.05, 0.1) is 0 Å². The molecular formula is C10H10BrNO2S. The normalized spacial score (nSPS) is 10.9. The lowest BCUT2D eigenvalue weighted by Crippen LogP contribution is -1.86. The van der Waals surface area contributed by atoms with Crippen LogP contribution in [0.1, 0.15) is 10.6 Å². The maximum Gasteiger partial charge on any atom is 0.162 e. The maximum atomic E-state index is 8.86. The number of hydrogen-bond acceptors (Lipinski definition) is 4. The van der Waals surface area contributed by atoms with E-state index in [4.69, 9.17) is 9.52 Å². The van der Waals surface area contributed by atoms with E-state index in [9.17, 15) is 0 Å². The largest absolute Gasteiger partial charge is 0.459 e. The average molecular weight is 288 g/mol. The van der Waals surface area contributed by atoms with Crippen LogP contribution in [0.15, 0.2) is 21.2 Å². The van der Waals surface area contributed by atoms with E-state index >= 15 is 0 Å². The molecular weight excluding hydrogens is 278 g/mol. The summed E-state index contributed by atoms with van der Waals surface area (Å²) in [6.07, 6.45) is 0.623. The number of aliphatic hydroxyl groups excluding tert-OH is 1. The molecule has 0 aliphatic rings. The highest BCUT2D eigenvalue weighted by Crippen LogP contribution is 2.32. The first kappa shape index (κ1) is 10.9. The molecule has 1 N–H and O–H groups in total. The van der Waals surface area contributed by atoms with Crippen molar-refractivity contribution in [1.29, 1.82) is 0 Å². The Morgan fingerprint density at radius 3 is 2.93 bits per heavy atom. The molecule has 0 saturated carbocycles. The van der Waals surface area contributed by atoms with Gasteiger partial charge in [0.15, 0.2) is 10.8 Å². The van der Waals surface area contributed by atoms with Crippen molar-refractivity contribution in [3.8, 4) is 10.8 Å². The summed E-state index contributed by atoms with van der Waals surface area (Å²) in [4.78, 5) is 5.39. The summed E-state index contributed by atoms with van der Waals surface area (Å²) < 4.78 is 6.28. The van der Waals surface area contributed by atoms with Crippen molar-refractivity contribution < 1.29 is 9.52 Å². The quantitative estimate of drug-likeness (QED) is 0.944. The van der Waals surface area contributed by atoms with Crippen LogP contribution in [0.25, 0.3) is 10.8 Å². The fourth-order valence-electron chi connectivity index (χ4n) is 1.24. The van der Waals surface area contributed by atoms with Crippen LogP contribution in [0, 0.1) is 6.92 Å². The molecule has 2 aromatic rings. The third kappa shape index (κ3) is 2.30. The van der Waals surface area contributed by atoms with E-state index in [-0.39, 0.29) is 6.61 Å². The van der Waals surface area contributed by atoms with Crippen molar-refractivity contribution in [2.45, 2.75) is 13.3 Å². The maximum absolute atomic E-state index is 8.86. The first-order valence-electron chi connectivity index (χ1n) is 4.53. The number of aliphatic hydroxyl groups is 1. The first-order chi connectivity index (χ1) is 7.20. The topological polar surface area (TPSA) is 46.3 Å². The van der Waals surface area contributed by atoms with Gasteiger partial charge in [0.25, 0.3) is 0 Å². The van der Waals surface area contributed by atoms with E-state index < -0.39 is 0 Å². The highest BCUT2D eigenvalue weighted by molar-refractivity contribution is 9.10. The molecule has 3 nitrogen and oxygen atoms in total. The standard InChI is InChI=1S/C10H10BrNO2S/c1-6-2-3-7(14-6)10-12-9(11)8(15-10)4-5-13/h2-3,13H,4-5H2,1H3. The molecule has 0 atom stereocenters. The van der Waals surface area contributed by atoms with Crippen molar-refractivity contribution in [3.63, 3.8) is 0 Å². The Balaban J connectivity index is 2.33. The molecule has 2 aromatic heterocycles. The summed E-state index contributed by atoms with van der Waals surface area (Å²) >= 11 is 4.91. The summed E-state index contributed by atoms with van der Waals surface area (Å²) in [6.45, 7) is 2.04. The van der Waals surface area contributed by atoms with Gasteiger partial charge in [0, 0.05) is 17.9 Å². The number of thiazole rings is 1. The molecule has 0 aliphatic carbocycles. The number of aryl methyl sites for hydroxylation is 1. The Labute approximate surface area is 99.9 Å². The van der Waals surface area contributed by atoms with Crippen LogP contribution in [0.3, 0.4) is 0 Å². The van der Waals surface area contributed by atoms with Gasteiger partial charge in [-0.2, -0.15) is 0 Å². The Bertz CT molecular complexity index is 464. The van der Waals surface area contributed by atoms with Crippen LogP contribution in [-0.4, -0.2) is 16.7 Å². The van der Waals surface area contributed by atoms with Crippen molar-refractivity contribution in [2.75, 3.05) is 6.61 Å². The molecule has 0 aliphatic heterocycles. The number of hydrogen-bond donors (Lipinski definition) is 1. The zero-order valence-electron chi connectivity index (χ0n) is 8.16. The Morgan fingerprint density at radius 1 is 1.53 bits per heavy atom. The van der Waals surface area contributed by atoms with Gasteiger partial charge in [0.1, 0.15) is 10.4 Å². The lowest BCUT2D eigenvalue weighted by molar-refractivity contribution is 0.300.